The Hall–Kier alpha value is -3.46. The molecule has 0 saturated heterocycles. The third kappa shape index (κ3) is 3.19. The van der Waals surface area contributed by atoms with Crippen molar-refractivity contribution in [1.29, 1.82) is 0 Å². The first-order chi connectivity index (χ1) is 13.7. The molecule has 2 aromatic heterocycles. The number of phenolic OH excluding ortho intramolecular Hbond substituents is 2. The summed E-state index contributed by atoms with van der Waals surface area (Å²) in [6.45, 7) is 0. The van der Waals surface area contributed by atoms with E-state index in [4.69, 9.17) is 16.0 Å². The van der Waals surface area contributed by atoms with Gasteiger partial charge in [-0.3, -0.25) is 4.79 Å². The largest absolute Gasteiger partial charge is 0.504 e. The van der Waals surface area contributed by atoms with E-state index >= 15 is 0 Å². The molecule has 4 aromatic rings. The first kappa shape index (κ1) is 18.9. The van der Waals surface area contributed by atoms with Crippen LogP contribution < -0.4 is 5.43 Å². The maximum atomic E-state index is 13.6. The number of nitrogens with zero attached hydrogens (tertiary/aromatic N) is 2. The number of aromatic hydroxyl groups is 2. The monoisotopic (exact) mass is 422 g/mol. The Bertz CT molecular complexity index is 1290. The van der Waals surface area contributed by atoms with E-state index in [2.05, 4.69) is 5.10 Å². The average molecular weight is 423 g/mol. The van der Waals surface area contributed by atoms with Crippen LogP contribution in [0.2, 0.25) is 5.02 Å². The summed E-state index contributed by atoms with van der Waals surface area (Å²) in [5.41, 5.74) is -2.14. The van der Waals surface area contributed by atoms with Crippen LogP contribution in [0.3, 0.4) is 0 Å². The molecule has 2 N–H and O–H groups in total. The minimum absolute atomic E-state index is 0.129. The van der Waals surface area contributed by atoms with Gasteiger partial charge in [-0.25, -0.2) is 4.68 Å². The molecular weight excluding hydrogens is 413 g/mol. The van der Waals surface area contributed by atoms with E-state index in [1.54, 1.807) is 24.3 Å². The van der Waals surface area contributed by atoms with Crippen LogP contribution in [0.1, 0.15) is 5.76 Å². The second-order valence-corrected chi connectivity index (χ2v) is 6.53. The fourth-order valence-corrected chi connectivity index (χ4v) is 3.01. The van der Waals surface area contributed by atoms with Gasteiger partial charge in [-0.2, -0.15) is 18.3 Å². The summed E-state index contributed by atoms with van der Waals surface area (Å²) >= 11 is 5.82. The normalized spacial score (nSPS) is 11.9. The Balaban J connectivity index is 1.98. The standard InChI is InChI=1S/C19H10ClF3N2O4/c20-10-1-3-11(4-2-10)25-8-9(7-24-25)14-15(27)12-5-6-13(26)16(28)17(12)29-18(14)19(21,22)23/h1-8,26,28H. The van der Waals surface area contributed by atoms with Crippen molar-refractivity contribution in [3.63, 3.8) is 0 Å². The molecule has 0 aliphatic rings. The van der Waals surface area contributed by atoms with E-state index < -0.39 is 40.0 Å². The second-order valence-electron chi connectivity index (χ2n) is 6.09. The predicted molar refractivity (Wildman–Crippen MR) is 98.4 cm³/mol. The van der Waals surface area contributed by atoms with Crippen molar-refractivity contribution in [2.45, 2.75) is 6.18 Å². The Kier molecular flexibility index (Phi) is 4.27. The first-order valence-corrected chi connectivity index (χ1v) is 8.44. The van der Waals surface area contributed by atoms with Crippen molar-refractivity contribution < 1.29 is 27.8 Å². The summed E-state index contributed by atoms with van der Waals surface area (Å²) in [6.07, 6.45) is -2.69. The lowest BCUT2D eigenvalue weighted by molar-refractivity contribution is -0.152. The van der Waals surface area contributed by atoms with Crippen molar-refractivity contribution in [1.82, 2.24) is 9.78 Å². The molecule has 0 aliphatic carbocycles. The molecule has 29 heavy (non-hydrogen) atoms. The lowest BCUT2D eigenvalue weighted by Gasteiger charge is -2.12. The summed E-state index contributed by atoms with van der Waals surface area (Å²) < 4.78 is 47.0. The minimum atomic E-state index is -5.04. The lowest BCUT2D eigenvalue weighted by atomic mass is 10.0. The molecule has 0 unspecified atom stereocenters. The SMILES string of the molecule is O=c1c(-c2cnn(-c3ccc(Cl)cc3)c2)c(C(F)(F)F)oc2c(O)c(O)ccc12. The Labute approximate surface area is 165 Å². The van der Waals surface area contributed by atoms with Gasteiger partial charge in [0.1, 0.15) is 0 Å². The van der Waals surface area contributed by atoms with Gasteiger partial charge in [0.15, 0.2) is 11.3 Å². The molecule has 0 radical (unpaired) electrons. The van der Waals surface area contributed by atoms with Crippen LogP contribution in [0.15, 0.2) is 58.0 Å². The molecule has 10 heteroatoms. The number of hydrogen-bond acceptors (Lipinski definition) is 5. The number of rotatable bonds is 2. The van der Waals surface area contributed by atoms with Gasteiger partial charge in [0.25, 0.3) is 0 Å². The highest BCUT2D eigenvalue weighted by Gasteiger charge is 2.40. The highest BCUT2D eigenvalue weighted by molar-refractivity contribution is 6.30. The third-order valence-electron chi connectivity index (χ3n) is 4.23. The van der Waals surface area contributed by atoms with Crippen LogP contribution in [0, 0.1) is 0 Å². The van der Waals surface area contributed by atoms with Crippen LogP contribution in [0.4, 0.5) is 13.2 Å². The number of fused-ring (bicyclic) bond motifs is 1. The quantitative estimate of drug-likeness (QED) is 0.456. The van der Waals surface area contributed by atoms with Crippen LogP contribution in [0.25, 0.3) is 27.8 Å². The molecule has 0 amide bonds. The Morgan fingerprint density at radius 2 is 1.76 bits per heavy atom. The molecule has 0 aliphatic heterocycles. The van der Waals surface area contributed by atoms with Crippen molar-refractivity contribution in [3.8, 4) is 28.3 Å². The molecule has 148 valence electrons. The van der Waals surface area contributed by atoms with Crippen LogP contribution in [0.5, 0.6) is 11.5 Å². The third-order valence-corrected chi connectivity index (χ3v) is 4.48. The average Bonchev–Trinajstić information content (AvgIpc) is 3.14. The van der Waals surface area contributed by atoms with Gasteiger partial charge in [-0.15, -0.1) is 0 Å². The Morgan fingerprint density at radius 1 is 1.07 bits per heavy atom. The van der Waals surface area contributed by atoms with Crippen molar-refractivity contribution in [2.75, 3.05) is 0 Å². The highest BCUT2D eigenvalue weighted by Crippen LogP contribution is 2.40. The summed E-state index contributed by atoms with van der Waals surface area (Å²) in [6, 6.07) is 8.44. The van der Waals surface area contributed by atoms with E-state index in [0.29, 0.717) is 10.7 Å². The minimum Gasteiger partial charge on any atom is -0.504 e. The van der Waals surface area contributed by atoms with Crippen LogP contribution in [-0.4, -0.2) is 20.0 Å². The molecule has 0 fully saturated rings. The van der Waals surface area contributed by atoms with Crippen LogP contribution in [-0.2, 0) is 6.18 Å². The molecule has 6 nitrogen and oxygen atoms in total. The highest BCUT2D eigenvalue weighted by atomic mass is 35.5. The molecule has 0 bridgehead atoms. The van der Waals surface area contributed by atoms with Gasteiger partial charge in [-0.05, 0) is 36.4 Å². The van der Waals surface area contributed by atoms with Gasteiger partial charge in [0, 0.05) is 16.8 Å². The zero-order valence-corrected chi connectivity index (χ0v) is 15.0. The van der Waals surface area contributed by atoms with Gasteiger partial charge in [0.2, 0.25) is 16.9 Å². The fraction of sp³-hybridized carbons (Fsp3) is 0.0526. The van der Waals surface area contributed by atoms with Gasteiger partial charge in [-0.1, -0.05) is 11.6 Å². The van der Waals surface area contributed by atoms with Crippen molar-refractivity contribution >= 4 is 22.6 Å². The van der Waals surface area contributed by atoms with E-state index in [-0.39, 0.29) is 10.9 Å². The van der Waals surface area contributed by atoms with Gasteiger partial charge < -0.3 is 14.6 Å². The topological polar surface area (TPSA) is 88.5 Å². The molecule has 0 atom stereocenters. The number of hydrogen-bond donors (Lipinski definition) is 2. The zero-order chi connectivity index (χ0) is 20.9. The summed E-state index contributed by atoms with van der Waals surface area (Å²) in [5.74, 6) is -3.27. The van der Waals surface area contributed by atoms with E-state index in [1.165, 1.54) is 10.9 Å². The smallest absolute Gasteiger partial charge is 0.450 e. The summed E-state index contributed by atoms with van der Waals surface area (Å²) in [4.78, 5) is 12.8. The first-order valence-electron chi connectivity index (χ1n) is 8.06. The lowest BCUT2D eigenvalue weighted by Crippen LogP contribution is -2.15. The van der Waals surface area contributed by atoms with Gasteiger partial charge in [0.05, 0.1) is 22.8 Å². The number of aromatic nitrogens is 2. The molecule has 2 heterocycles. The maximum Gasteiger partial charge on any atom is 0.450 e. The zero-order valence-electron chi connectivity index (χ0n) is 14.2. The van der Waals surface area contributed by atoms with Crippen molar-refractivity contribution in [3.05, 3.63) is 69.8 Å². The Morgan fingerprint density at radius 3 is 2.41 bits per heavy atom. The summed E-state index contributed by atoms with van der Waals surface area (Å²) in [7, 11) is 0. The van der Waals surface area contributed by atoms with Gasteiger partial charge >= 0.3 is 6.18 Å². The molecular formula is C19H10ClF3N2O4. The van der Waals surface area contributed by atoms with E-state index in [1.807, 2.05) is 0 Å². The number of phenols is 2. The maximum absolute atomic E-state index is 13.6. The number of alkyl halides is 3. The van der Waals surface area contributed by atoms with Crippen molar-refractivity contribution in [2.24, 2.45) is 0 Å². The van der Waals surface area contributed by atoms with Crippen LogP contribution >= 0.6 is 11.6 Å². The molecule has 0 spiro atoms. The molecule has 4 rings (SSSR count). The second kappa shape index (κ2) is 6.56. The summed E-state index contributed by atoms with van der Waals surface area (Å²) in [5, 5.41) is 23.5. The van der Waals surface area contributed by atoms with E-state index in [9.17, 15) is 28.2 Å². The molecule has 0 saturated carbocycles. The molecule has 2 aromatic carbocycles. The predicted octanol–water partition coefficient (Wildman–Crippen LogP) is 4.73. The van der Waals surface area contributed by atoms with E-state index in [0.717, 1.165) is 18.3 Å². The number of benzene rings is 2. The number of halogens is 4. The fourth-order valence-electron chi connectivity index (χ4n) is 2.88.